The molecule has 0 saturated carbocycles. The first kappa shape index (κ1) is 13.6. The number of anilines is 1. The van der Waals surface area contributed by atoms with E-state index in [9.17, 15) is 0 Å². The van der Waals surface area contributed by atoms with Crippen LogP contribution in [0.2, 0.25) is 0 Å². The van der Waals surface area contributed by atoms with Crippen LogP contribution in [0.5, 0.6) is 0 Å². The molecule has 4 heteroatoms. The third kappa shape index (κ3) is 2.49. The molecule has 2 aromatic heterocycles. The summed E-state index contributed by atoms with van der Waals surface area (Å²) < 4.78 is 5.89. The van der Waals surface area contributed by atoms with Crippen molar-refractivity contribution < 1.29 is 4.42 Å². The van der Waals surface area contributed by atoms with Gasteiger partial charge >= 0.3 is 0 Å². The summed E-state index contributed by atoms with van der Waals surface area (Å²) >= 11 is 0. The molecule has 0 aliphatic rings. The molecule has 3 aromatic rings. The average Bonchev–Trinajstić information content (AvgIpc) is 2.92. The highest BCUT2D eigenvalue weighted by Crippen LogP contribution is 2.30. The van der Waals surface area contributed by atoms with Crippen LogP contribution in [0.4, 0.5) is 5.82 Å². The Morgan fingerprint density at radius 3 is 2.67 bits per heavy atom. The number of aromatic nitrogens is 2. The first-order chi connectivity index (χ1) is 10.2. The summed E-state index contributed by atoms with van der Waals surface area (Å²) in [5.74, 6) is 1.63. The van der Waals surface area contributed by atoms with Crippen LogP contribution in [0.3, 0.4) is 0 Å². The minimum Gasteiger partial charge on any atom is -0.454 e. The van der Waals surface area contributed by atoms with Gasteiger partial charge in [-0.25, -0.2) is 0 Å². The van der Waals surface area contributed by atoms with Crippen molar-refractivity contribution in [2.75, 3.05) is 11.9 Å². The van der Waals surface area contributed by atoms with Gasteiger partial charge in [-0.15, -0.1) is 10.2 Å². The van der Waals surface area contributed by atoms with Crippen molar-refractivity contribution in [3.63, 3.8) is 0 Å². The van der Waals surface area contributed by atoms with Crippen molar-refractivity contribution in [1.82, 2.24) is 10.2 Å². The van der Waals surface area contributed by atoms with Gasteiger partial charge in [0.2, 0.25) is 0 Å². The molecule has 0 bridgehead atoms. The van der Waals surface area contributed by atoms with Crippen LogP contribution in [0.15, 0.2) is 34.7 Å². The van der Waals surface area contributed by atoms with E-state index in [2.05, 4.69) is 36.3 Å². The Balaban J connectivity index is 2.04. The molecule has 0 amide bonds. The molecule has 1 N–H and O–H groups in total. The molecule has 4 nitrogen and oxygen atoms in total. The van der Waals surface area contributed by atoms with Crippen molar-refractivity contribution in [3.8, 4) is 11.5 Å². The average molecular weight is 281 g/mol. The number of para-hydroxylation sites is 1. The molecule has 0 spiro atoms. The zero-order valence-corrected chi connectivity index (χ0v) is 12.6. The number of rotatable bonds is 4. The second-order valence-corrected chi connectivity index (χ2v) is 5.22. The Kier molecular flexibility index (Phi) is 3.60. The van der Waals surface area contributed by atoms with Crippen molar-refractivity contribution in [3.05, 3.63) is 41.5 Å². The van der Waals surface area contributed by atoms with Crippen LogP contribution < -0.4 is 5.32 Å². The number of fused-ring (bicyclic) bond motifs is 1. The summed E-state index contributed by atoms with van der Waals surface area (Å²) in [6, 6.07) is 9.99. The van der Waals surface area contributed by atoms with E-state index in [0.717, 1.165) is 52.3 Å². The fraction of sp³-hybridized carbons (Fsp3) is 0.294. The number of furan rings is 1. The molecule has 0 aliphatic carbocycles. The first-order valence-electron chi connectivity index (χ1n) is 7.27. The third-order valence-corrected chi connectivity index (χ3v) is 3.72. The third-order valence-electron chi connectivity index (χ3n) is 3.72. The molecule has 0 aliphatic heterocycles. The molecular formula is C17H19N3O. The van der Waals surface area contributed by atoms with E-state index in [-0.39, 0.29) is 0 Å². The fourth-order valence-corrected chi connectivity index (χ4v) is 2.35. The molecule has 0 saturated heterocycles. The lowest BCUT2D eigenvalue weighted by Gasteiger charge is -2.10. The standard InChI is InChI=1S/C17H19N3O/c1-4-9-18-17-12(3)11(2)16(19-20-17)15-10-13-7-5-6-8-14(13)21-15/h5-8,10H,4,9H2,1-3H3,(H,18,20). The minimum atomic E-state index is 0.770. The predicted octanol–water partition coefficient (Wildman–Crippen LogP) is 4.33. The number of nitrogens with zero attached hydrogens (tertiary/aromatic N) is 2. The molecule has 0 radical (unpaired) electrons. The highest BCUT2D eigenvalue weighted by Gasteiger charge is 2.14. The smallest absolute Gasteiger partial charge is 0.155 e. The minimum absolute atomic E-state index is 0.770. The normalized spacial score (nSPS) is 11.0. The Bertz CT molecular complexity index is 744. The van der Waals surface area contributed by atoms with Gasteiger partial charge < -0.3 is 9.73 Å². The largest absolute Gasteiger partial charge is 0.454 e. The van der Waals surface area contributed by atoms with E-state index >= 15 is 0 Å². The van der Waals surface area contributed by atoms with Gasteiger partial charge in [-0.2, -0.15) is 0 Å². The highest BCUT2D eigenvalue weighted by atomic mass is 16.3. The molecule has 0 unspecified atom stereocenters. The van der Waals surface area contributed by atoms with Crippen molar-refractivity contribution in [2.24, 2.45) is 0 Å². The van der Waals surface area contributed by atoms with E-state index in [4.69, 9.17) is 4.42 Å². The van der Waals surface area contributed by atoms with E-state index in [1.807, 2.05) is 30.3 Å². The van der Waals surface area contributed by atoms with Crippen molar-refractivity contribution >= 4 is 16.8 Å². The summed E-state index contributed by atoms with van der Waals surface area (Å²) in [7, 11) is 0. The van der Waals surface area contributed by atoms with Gasteiger partial charge in [-0.1, -0.05) is 25.1 Å². The Morgan fingerprint density at radius 2 is 1.90 bits per heavy atom. The molecule has 21 heavy (non-hydrogen) atoms. The lowest BCUT2D eigenvalue weighted by molar-refractivity contribution is 0.626. The van der Waals surface area contributed by atoms with Gasteiger partial charge in [-0.05, 0) is 43.5 Å². The lowest BCUT2D eigenvalue weighted by atomic mass is 10.1. The quantitative estimate of drug-likeness (QED) is 0.773. The summed E-state index contributed by atoms with van der Waals surface area (Å²) in [6.45, 7) is 7.15. The number of nitrogens with one attached hydrogen (secondary N) is 1. The summed E-state index contributed by atoms with van der Waals surface area (Å²) in [4.78, 5) is 0. The van der Waals surface area contributed by atoms with Gasteiger partial charge in [0.25, 0.3) is 0 Å². The van der Waals surface area contributed by atoms with Gasteiger partial charge in [0.05, 0.1) is 0 Å². The van der Waals surface area contributed by atoms with Crippen LogP contribution >= 0.6 is 0 Å². The molecule has 108 valence electrons. The van der Waals surface area contributed by atoms with E-state index in [1.54, 1.807) is 0 Å². The molecular weight excluding hydrogens is 262 g/mol. The second-order valence-electron chi connectivity index (χ2n) is 5.22. The van der Waals surface area contributed by atoms with Crippen LogP contribution in [-0.2, 0) is 0 Å². The lowest BCUT2D eigenvalue weighted by Crippen LogP contribution is -2.07. The maximum absolute atomic E-state index is 5.89. The Labute approximate surface area is 124 Å². The number of benzene rings is 1. The summed E-state index contributed by atoms with van der Waals surface area (Å²) in [5.41, 5.74) is 3.90. The van der Waals surface area contributed by atoms with Crippen molar-refractivity contribution in [1.29, 1.82) is 0 Å². The predicted molar refractivity (Wildman–Crippen MR) is 85.5 cm³/mol. The summed E-state index contributed by atoms with van der Waals surface area (Å²) in [6.07, 6.45) is 1.06. The topological polar surface area (TPSA) is 51.0 Å². The van der Waals surface area contributed by atoms with Crippen LogP contribution in [0, 0.1) is 13.8 Å². The molecule has 0 fully saturated rings. The van der Waals surface area contributed by atoms with Crippen LogP contribution in [0.1, 0.15) is 24.5 Å². The SMILES string of the molecule is CCCNc1nnc(-c2cc3ccccc3o2)c(C)c1C. The summed E-state index contributed by atoms with van der Waals surface area (Å²) in [5, 5.41) is 13.0. The second kappa shape index (κ2) is 5.56. The number of hydrogen-bond donors (Lipinski definition) is 1. The van der Waals surface area contributed by atoms with E-state index < -0.39 is 0 Å². The zero-order chi connectivity index (χ0) is 14.8. The Morgan fingerprint density at radius 1 is 1.10 bits per heavy atom. The molecule has 3 rings (SSSR count). The van der Waals surface area contributed by atoms with Gasteiger partial charge in [-0.3, -0.25) is 0 Å². The van der Waals surface area contributed by atoms with Crippen LogP contribution in [-0.4, -0.2) is 16.7 Å². The fourth-order valence-electron chi connectivity index (χ4n) is 2.35. The molecule has 2 heterocycles. The highest BCUT2D eigenvalue weighted by molar-refractivity contribution is 5.82. The van der Waals surface area contributed by atoms with Gasteiger partial charge in [0.1, 0.15) is 11.3 Å². The Hall–Kier alpha value is -2.36. The van der Waals surface area contributed by atoms with Crippen molar-refractivity contribution in [2.45, 2.75) is 27.2 Å². The first-order valence-corrected chi connectivity index (χ1v) is 7.27. The van der Waals surface area contributed by atoms with E-state index in [1.165, 1.54) is 0 Å². The van der Waals surface area contributed by atoms with Gasteiger partial charge in [0, 0.05) is 11.9 Å². The van der Waals surface area contributed by atoms with Gasteiger partial charge in [0.15, 0.2) is 11.6 Å². The molecule has 0 atom stereocenters. The maximum atomic E-state index is 5.89. The number of hydrogen-bond acceptors (Lipinski definition) is 4. The zero-order valence-electron chi connectivity index (χ0n) is 12.6. The monoisotopic (exact) mass is 281 g/mol. The van der Waals surface area contributed by atoms with E-state index in [0.29, 0.717) is 0 Å². The van der Waals surface area contributed by atoms with Crippen LogP contribution in [0.25, 0.3) is 22.4 Å². The maximum Gasteiger partial charge on any atom is 0.155 e. The molecule has 1 aromatic carbocycles.